The van der Waals surface area contributed by atoms with Crippen LogP contribution in [0.25, 0.3) is 6.08 Å². The third-order valence-corrected chi connectivity index (χ3v) is 2.07. The van der Waals surface area contributed by atoms with Crippen molar-refractivity contribution in [2.24, 2.45) is 0 Å². The summed E-state index contributed by atoms with van der Waals surface area (Å²) in [7, 11) is 0. The van der Waals surface area contributed by atoms with Crippen LogP contribution in [0, 0.1) is 0 Å². The third kappa shape index (κ3) is 1.30. The van der Waals surface area contributed by atoms with Crippen LogP contribution in [-0.2, 0) is 0 Å². The van der Waals surface area contributed by atoms with Crippen molar-refractivity contribution in [1.29, 1.82) is 0 Å². The van der Waals surface area contributed by atoms with E-state index in [1.807, 2.05) is 6.07 Å². The van der Waals surface area contributed by atoms with E-state index in [2.05, 4.69) is 23.3 Å². The lowest BCUT2D eigenvalue weighted by Crippen LogP contribution is -2.08. The van der Waals surface area contributed by atoms with E-state index in [-0.39, 0.29) is 0 Å². The molecular formula is C9H9ClN2. The van der Waals surface area contributed by atoms with Crippen molar-refractivity contribution < 1.29 is 0 Å². The molecule has 0 spiro atoms. The molecule has 0 aromatic carbocycles. The molecule has 1 N–H and O–H groups in total. The minimum Gasteiger partial charge on any atom is -0.380 e. The van der Waals surface area contributed by atoms with Gasteiger partial charge < -0.3 is 5.32 Å². The van der Waals surface area contributed by atoms with Gasteiger partial charge in [-0.1, -0.05) is 23.3 Å². The maximum Gasteiger partial charge on any atom is 0.129 e. The molecule has 2 rings (SSSR count). The van der Waals surface area contributed by atoms with Crippen molar-refractivity contribution >= 4 is 23.4 Å². The largest absolute Gasteiger partial charge is 0.380 e. The summed E-state index contributed by atoms with van der Waals surface area (Å²) in [5.41, 5.74) is 3.49. The molecule has 62 valence electrons. The average molecular weight is 181 g/mol. The lowest BCUT2D eigenvalue weighted by molar-refractivity contribution is 1.17. The van der Waals surface area contributed by atoms with Crippen LogP contribution in [0.5, 0.6) is 0 Å². The van der Waals surface area contributed by atoms with Crippen LogP contribution in [0.15, 0.2) is 17.8 Å². The molecule has 0 saturated carbocycles. The molecule has 0 radical (unpaired) electrons. The molecule has 1 aliphatic rings. The van der Waals surface area contributed by atoms with Gasteiger partial charge in [0.05, 0.1) is 11.9 Å². The lowest BCUT2D eigenvalue weighted by Gasteiger charge is -2.15. The quantitative estimate of drug-likeness (QED) is 0.621. The maximum absolute atomic E-state index is 5.76. The predicted octanol–water partition coefficient (Wildman–Crippen LogP) is 2.56. The second kappa shape index (κ2) is 2.79. The van der Waals surface area contributed by atoms with Crippen LogP contribution >= 0.6 is 11.6 Å². The molecule has 1 aliphatic heterocycles. The van der Waals surface area contributed by atoms with E-state index in [1.165, 1.54) is 5.57 Å². The summed E-state index contributed by atoms with van der Waals surface area (Å²) in [6, 6.07) is 1.87. The number of pyridine rings is 1. The highest BCUT2D eigenvalue weighted by Gasteiger charge is 2.06. The van der Waals surface area contributed by atoms with E-state index < -0.39 is 0 Å². The van der Waals surface area contributed by atoms with Gasteiger partial charge in [0, 0.05) is 12.1 Å². The molecule has 0 saturated heterocycles. The van der Waals surface area contributed by atoms with E-state index in [9.17, 15) is 0 Å². The first-order valence-electron chi connectivity index (χ1n) is 3.82. The first-order chi connectivity index (χ1) is 5.75. The fourth-order valence-corrected chi connectivity index (χ4v) is 1.43. The Hall–Kier alpha value is -1.02. The zero-order valence-corrected chi connectivity index (χ0v) is 7.52. The Labute approximate surface area is 76.3 Å². The van der Waals surface area contributed by atoms with Gasteiger partial charge in [-0.25, -0.2) is 4.98 Å². The topological polar surface area (TPSA) is 24.9 Å². The van der Waals surface area contributed by atoms with E-state index in [0.29, 0.717) is 5.15 Å². The van der Waals surface area contributed by atoms with Gasteiger partial charge in [0.1, 0.15) is 5.15 Å². The summed E-state index contributed by atoms with van der Waals surface area (Å²) in [4.78, 5) is 3.99. The Morgan fingerprint density at radius 3 is 3.25 bits per heavy atom. The summed E-state index contributed by atoms with van der Waals surface area (Å²) in [5, 5.41) is 3.79. The molecule has 0 bridgehead atoms. The summed E-state index contributed by atoms with van der Waals surface area (Å²) < 4.78 is 0. The number of hydrogen-bond donors (Lipinski definition) is 1. The minimum absolute atomic E-state index is 0.543. The fraction of sp³-hybridized carbons (Fsp3) is 0.222. The lowest BCUT2D eigenvalue weighted by atomic mass is 10.1. The van der Waals surface area contributed by atoms with E-state index in [1.54, 1.807) is 6.20 Å². The number of aromatic nitrogens is 1. The second-order valence-electron chi connectivity index (χ2n) is 2.94. The van der Waals surface area contributed by atoms with E-state index >= 15 is 0 Å². The molecule has 2 heterocycles. The number of rotatable bonds is 0. The van der Waals surface area contributed by atoms with Crippen LogP contribution in [0.1, 0.15) is 12.5 Å². The predicted molar refractivity (Wildman–Crippen MR) is 51.4 cm³/mol. The van der Waals surface area contributed by atoms with Crippen LogP contribution < -0.4 is 5.32 Å². The minimum atomic E-state index is 0.543. The summed E-state index contributed by atoms with van der Waals surface area (Å²) in [6.45, 7) is 2.99. The zero-order valence-electron chi connectivity index (χ0n) is 6.76. The highest BCUT2D eigenvalue weighted by atomic mass is 35.5. The highest BCUT2D eigenvalue weighted by Crippen LogP contribution is 2.24. The number of halogens is 1. The van der Waals surface area contributed by atoms with Gasteiger partial charge in [-0.2, -0.15) is 0 Å². The van der Waals surface area contributed by atoms with E-state index in [4.69, 9.17) is 11.6 Å². The van der Waals surface area contributed by atoms with Gasteiger partial charge >= 0.3 is 0 Å². The first kappa shape index (κ1) is 7.62. The van der Waals surface area contributed by atoms with Gasteiger partial charge in [0.2, 0.25) is 0 Å². The monoisotopic (exact) mass is 180 g/mol. The smallest absolute Gasteiger partial charge is 0.129 e. The molecule has 0 aliphatic carbocycles. The van der Waals surface area contributed by atoms with Crippen molar-refractivity contribution in [2.75, 3.05) is 11.9 Å². The van der Waals surface area contributed by atoms with Gasteiger partial charge in [-0.05, 0) is 13.0 Å². The summed E-state index contributed by atoms with van der Waals surface area (Å²) in [5.74, 6) is 0. The Morgan fingerprint density at radius 2 is 2.42 bits per heavy atom. The van der Waals surface area contributed by atoms with Gasteiger partial charge in [0.25, 0.3) is 0 Å². The van der Waals surface area contributed by atoms with Gasteiger partial charge in [-0.3, -0.25) is 0 Å². The van der Waals surface area contributed by atoms with Crippen molar-refractivity contribution in [2.45, 2.75) is 6.92 Å². The number of nitrogens with zero attached hydrogens (tertiary/aromatic N) is 1. The van der Waals surface area contributed by atoms with Crippen molar-refractivity contribution in [3.05, 3.63) is 28.6 Å². The Kier molecular flexibility index (Phi) is 1.77. The summed E-state index contributed by atoms with van der Waals surface area (Å²) >= 11 is 5.76. The summed E-state index contributed by atoms with van der Waals surface area (Å²) in [6.07, 6.45) is 3.89. The van der Waals surface area contributed by atoms with Crippen LogP contribution in [0.4, 0.5) is 5.69 Å². The number of nitrogens with one attached hydrogen (secondary N) is 1. The van der Waals surface area contributed by atoms with Crippen LogP contribution in [0.2, 0.25) is 5.15 Å². The fourth-order valence-electron chi connectivity index (χ4n) is 1.26. The van der Waals surface area contributed by atoms with Gasteiger partial charge in [0.15, 0.2) is 0 Å². The van der Waals surface area contributed by atoms with Crippen LogP contribution in [0.3, 0.4) is 0 Å². The zero-order chi connectivity index (χ0) is 8.55. The van der Waals surface area contributed by atoms with E-state index in [0.717, 1.165) is 17.8 Å². The van der Waals surface area contributed by atoms with Crippen LogP contribution in [-0.4, -0.2) is 11.5 Å². The first-order valence-corrected chi connectivity index (χ1v) is 4.20. The molecule has 0 unspecified atom stereocenters. The van der Waals surface area contributed by atoms with Gasteiger partial charge in [-0.15, -0.1) is 0 Å². The number of hydrogen-bond acceptors (Lipinski definition) is 2. The number of fused-ring (bicyclic) bond motifs is 1. The Morgan fingerprint density at radius 1 is 1.58 bits per heavy atom. The molecule has 1 aromatic heterocycles. The molecule has 2 nitrogen and oxygen atoms in total. The normalized spacial score (nSPS) is 14.7. The average Bonchev–Trinajstić information content (AvgIpc) is 2.03. The molecule has 3 heteroatoms. The molecule has 0 amide bonds. The molecule has 12 heavy (non-hydrogen) atoms. The third-order valence-electron chi connectivity index (χ3n) is 1.86. The SMILES string of the molecule is CC1=Cc2cc(Cl)ncc2NC1. The molecule has 1 aromatic rings. The second-order valence-corrected chi connectivity index (χ2v) is 3.33. The maximum atomic E-state index is 5.76. The standard InChI is InChI=1S/C9H9ClN2/c1-6-2-7-3-9(10)12-5-8(7)11-4-6/h2-3,5,11H,4H2,1H3. The van der Waals surface area contributed by atoms with Crippen molar-refractivity contribution in [1.82, 2.24) is 4.98 Å². The Bertz CT molecular complexity index is 344. The number of anilines is 1. The molecule has 0 atom stereocenters. The molecular weight excluding hydrogens is 172 g/mol. The highest BCUT2D eigenvalue weighted by molar-refractivity contribution is 6.29. The van der Waals surface area contributed by atoms with Crippen molar-refractivity contribution in [3.8, 4) is 0 Å². The Balaban J connectivity index is 2.53. The molecule has 0 fully saturated rings. The van der Waals surface area contributed by atoms with Crippen molar-refractivity contribution in [3.63, 3.8) is 0 Å².